The van der Waals surface area contributed by atoms with Gasteiger partial charge in [0.05, 0.1) is 19.3 Å². The molecule has 0 saturated carbocycles. The topological polar surface area (TPSA) is 65.1 Å². The molecule has 0 radical (unpaired) electrons. The minimum absolute atomic E-state index is 0.107. The van der Waals surface area contributed by atoms with Gasteiger partial charge in [0, 0.05) is 16.0 Å². The minimum Gasteiger partial charge on any atom is -0.438 e. The zero-order valence-corrected chi connectivity index (χ0v) is 15.5. The van der Waals surface area contributed by atoms with E-state index in [2.05, 4.69) is 0 Å². The van der Waals surface area contributed by atoms with Gasteiger partial charge in [-0.05, 0) is 38.1 Å². The monoisotopic (exact) mass is 367 g/mol. The maximum Gasteiger partial charge on any atom is 0.417 e. The predicted molar refractivity (Wildman–Crippen MR) is 91.4 cm³/mol. The molecule has 0 N–H and O–H groups in total. The third-order valence-electron chi connectivity index (χ3n) is 4.60. The fourth-order valence-corrected chi connectivity index (χ4v) is 3.16. The zero-order chi connectivity index (χ0) is 18.4. The number of hydrogen-bond acceptors (Lipinski definition) is 5. The summed E-state index contributed by atoms with van der Waals surface area (Å²) in [6.45, 7) is 8.53. The molecule has 0 spiro atoms. The van der Waals surface area contributed by atoms with Gasteiger partial charge in [-0.25, -0.2) is 9.69 Å². The van der Waals surface area contributed by atoms with Crippen molar-refractivity contribution in [1.82, 2.24) is 4.90 Å². The molecule has 136 valence electrons. The molecule has 0 aliphatic carbocycles. The number of imide groups is 1. The Morgan fingerprint density at radius 2 is 1.72 bits per heavy atom. The van der Waals surface area contributed by atoms with Crippen molar-refractivity contribution in [2.24, 2.45) is 5.41 Å². The van der Waals surface area contributed by atoms with E-state index in [1.807, 2.05) is 13.8 Å². The van der Waals surface area contributed by atoms with Crippen LogP contribution in [0.15, 0.2) is 24.3 Å². The Morgan fingerprint density at radius 1 is 1.16 bits per heavy atom. The van der Waals surface area contributed by atoms with E-state index in [4.69, 9.17) is 25.8 Å². The van der Waals surface area contributed by atoms with E-state index in [1.165, 1.54) is 0 Å². The first-order chi connectivity index (χ1) is 11.6. The van der Waals surface area contributed by atoms with Gasteiger partial charge in [0.25, 0.3) is 5.91 Å². The number of cyclic esters (lactones) is 1. The first-order valence-electron chi connectivity index (χ1n) is 8.21. The van der Waals surface area contributed by atoms with Crippen LogP contribution in [-0.4, -0.2) is 48.0 Å². The second kappa shape index (κ2) is 6.27. The quantitative estimate of drug-likeness (QED) is 0.800. The second-order valence-electron chi connectivity index (χ2n) is 7.48. The Labute approximate surface area is 152 Å². The molecule has 2 atom stereocenters. The smallest absolute Gasteiger partial charge is 0.417 e. The Morgan fingerprint density at radius 3 is 2.28 bits per heavy atom. The normalized spacial score (nSPS) is 27.9. The van der Waals surface area contributed by atoms with Crippen molar-refractivity contribution in [2.75, 3.05) is 13.2 Å². The number of rotatable bonds is 2. The maximum absolute atomic E-state index is 12.7. The lowest BCUT2D eigenvalue weighted by Gasteiger charge is -2.44. The highest BCUT2D eigenvalue weighted by molar-refractivity contribution is 6.30. The summed E-state index contributed by atoms with van der Waals surface area (Å²) >= 11 is 5.85. The lowest BCUT2D eigenvalue weighted by atomic mass is 9.93. The van der Waals surface area contributed by atoms with Gasteiger partial charge in [0.1, 0.15) is 0 Å². The molecule has 2 amide bonds. The van der Waals surface area contributed by atoms with Crippen LogP contribution in [0.1, 0.15) is 38.1 Å². The van der Waals surface area contributed by atoms with E-state index in [0.29, 0.717) is 23.8 Å². The van der Waals surface area contributed by atoms with E-state index in [1.54, 1.807) is 38.1 Å². The molecule has 0 bridgehead atoms. The average molecular weight is 368 g/mol. The highest BCUT2D eigenvalue weighted by atomic mass is 35.5. The number of halogens is 1. The summed E-state index contributed by atoms with van der Waals surface area (Å²) in [6, 6.07) is 5.84. The number of carbonyl (C=O) groups is 2. The number of amides is 2. The van der Waals surface area contributed by atoms with Crippen molar-refractivity contribution in [3.05, 3.63) is 34.9 Å². The number of hydrogen-bond donors (Lipinski definition) is 0. The molecule has 2 aliphatic heterocycles. The van der Waals surface area contributed by atoms with Crippen LogP contribution in [0.25, 0.3) is 0 Å². The van der Waals surface area contributed by atoms with Gasteiger partial charge in [-0.3, -0.25) is 4.79 Å². The van der Waals surface area contributed by atoms with Gasteiger partial charge in [-0.1, -0.05) is 25.4 Å². The predicted octanol–water partition coefficient (Wildman–Crippen LogP) is 3.48. The highest BCUT2D eigenvalue weighted by Crippen LogP contribution is 2.37. The SMILES string of the molecule is C[C@@H]1[C@@H](C2(C)OCC(C)(C)CO2)OC(=O)N1C(=O)c1ccc(Cl)cc1. The Bertz CT molecular complexity index is 677. The maximum atomic E-state index is 12.7. The Hall–Kier alpha value is -1.63. The van der Waals surface area contributed by atoms with E-state index >= 15 is 0 Å². The molecule has 2 aliphatic rings. The van der Waals surface area contributed by atoms with Gasteiger partial charge < -0.3 is 14.2 Å². The molecular formula is C18H22ClNO5. The van der Waals surface area contributed by atoms with Gasteiger partial charge in [0.15, 0.2) is 6.10 Å². The fourth-order valence-electron chi connectivity index (χ4n) is 3.04. The summed E-state index contributed by atoms with van der Waals surface area (Å²) in [4.78, 5) is 26.2. The van der Waals surface area contributed by atoms with Crippen LogP contribution in [0, 0.1) is 5.41 Å². The third-order valence-corrected chi connectivity index (χ3v) is 4.85. The lowest BCUT2D eigenvalue weighted by Crippen LogP contribution is -2.56. The van der Waals surface area contributed by atoms with Crippen molar-refractivity contribution >= 4 is 23.6 Å². The summed E-state index contributed by atoms with van der Waals surface area (Å²) in [5.41, 5.74) is 0.259. The summed E-state index contributed by atoms with van der Waals surface area (Å²) in [5.74, 6) is -1.52. The largest absolute Gasteiger partial charge is 0.438 e. The molecule has 2 fully saturated rings. The van der Waals surface area contributed by atoms with Crippen LogP contribution in [0.4, 0.5) is 4.79 Å². The molecule has 2 saturated heterocycles. The van der Waals surface area contributed by atoms with E-state index in [9.17, 15) is 9.59 Å². The van der Waals surface area contributed by atoms with Gasteiger partial charge >= 0.3 is 6.09 Å². The van der Waals surface area contributed by atoms with Crippen molar-refractivity contribution in [2.45, 2.75) is 45.6 Å². The van der Waals surface area contributed by atoms with Crippen LogP contribution in [0.2, 0.25) is 5.02 Å². The summed E-state index contributed by atoms with van der Waals surface area (Å²) in [7, 11) is 0. The lowest BCUT2D eigenvalue weighted by molar-refractivity contribution is -0.321. The molecule has 0 aromatic heterocycles. The summed E-state index contributed by atoms with van der Waals surface area (Å²) in [6.07, 6.45) is -1.40. The summed E-state index contributed by atoms with van der Waals surface area (Å²) < 4.78 is 17.2. The van der Waals surface area contributed by atoms with Gasteiger partial charge in [-0.15, -0.1) is 0 Å². The van der Waals surface area contributed by atoms with Crippen molar-refractivity contribution in [3.8, 4) is 0 Å². The highest BCUT2D eigenvalue weighted by Gasteiger charge is 2.55. The Kier molecular flexibility index (Phi) is 4.56. The number of carbonyl (C=O) groups excluding carboxylic acids is 2. The van der Waals surface area contributed by atoms with Gasteiger partial charge in [-0.2, -0.15) is 0 Å². The van der Waals surface area contributed by atoms with Gasteiger partial charge in [0.2, 0.25) is 5.79 Å². The zero-order valence-electron chi connectivity index (χ0n) is 14.7. The van der Waals surface area contributed by atoms with Crippen molar-refractivity contribution in [3.63, 3.8) is 0 Å². The number of benzene rings is 1. The van der Waals surface area contributed by atoms with E-state index in [-0.39, 0.29) is 5.41 Å². The first kappa shape index (κ1) is 18.2. The van der Waals surface area contributed by atoms with E-state index in [0.717, 1.165) is 4.90 Å². The molecule has 2 heterocycles. The average Bonchev–Trinajstić information content (AvgIpc) is 2.86. The minimum atomic E-state index is -1.08. The van der Waals surface area contributed by atoms with Crippen LogP contribution >= 0.6 is 11.6 Å². The number of ether oxygens (including phenoxy) is 3. The molecule has 0 unspecified atom stereocenters. The van der Waals surface area contributed by atoms with E-state index < -0.39 is 29.9 Å². The number of nitrogens with zero attached hydrogens (tertiary/aromatic N) is 1. The van der Waals surface area contributed by atoms with Crippen LogP contribution in [0.3, 0.4) is 0 Å². The molecular weight excluding hydrogens is 346 g/mol. The Balaban J connectivity index is 1.79. The second-order valence-corrected chi connectivity index (χ2v) is 7.92. The standard InChI is InChI=1S/C18H22ClNO5/c1-11-14(18(4)23-9-17(2,3)10-24-18)25-16(22)20(11)15(21)12-5-7-13(19)8-6-12/h5-8,11,14H,9-10H2,1-4H3/t11-,14+/m1/s1. The van der Waals surface area contributed by atoms with Crippen molar-refractivity contribution < 1.29 is 23.8 Å². The molecule has 6 nitrogen and oxygen atoms in total. The molecule has 3 rings (SSSR count). The van der Waals surface area contributed by atoms with Crippen molar-refractivity contribution in [1.29, 1.82) is 0 Å². The fraction of sp³-hybridized carbons (Fsp3) is 0.556. The molecule has 25 heavy (non-hydrogen) atoms. The summed E-state index contributed by atoms with van der Waals surface area (Å²) in [5, 5.41) is 0.519. The van der Waals surface area contributed by atoms with Crippen LogP contribution < -0.4 is 0 Å². The first-order valence-corrected chi connectivity index (χ1v) is 8.58. The molecule has 1 aromatic carbocycles. The molecule has 1 aromatic rings. The molecule has 7 heteroatoms. The van der Waals surface area contributed by atoms with Crippen LogP contribution in [-0.2, 0) is 14.2 Å². The third kappa shape index (κ3) is 3.38. The van der Waals surface area contributed by atoms with Crippen LogP contribution in [0.5, 0.6) is 0 Å².